The molecule has 0 aliphatic rings. The average molecular weight is 445 g/mol. The summed E-state index contributed by atoms with van der Waals surface area (Å²) in [6.45, 7) is 5.87. The van der Waals surface area contributed by atoms with Gasteiger partial charge >= 0.3 is 120 Å². The molecule has 0 radical (unpaired) electrons. The van der Waals surface area contributed by atoms with Crippen LogP contribution in [0.5, 0.6) is 0 Å². The second-order valence-electron chi connectivity index (χ2n) is 4.51. The van der Waals surface area contributed by atoms with Crippen LogP contribution in [0.1, 0.15) is 32.3 Å². The summed E-state index contributed by atoms with van der Waals surface area (Å²) in [4.78, 5) is 0. The molecule has 1 rings (SSSR count). The summed E-state index contributed by atoms with van der Waals surface area (Å²) < 4.78 is 27.3. The second kappa shape index (κ2) is 6.29. The predicted molar refractivity (Wildman–Crippen MR) is 72.3 cm³/mol. The summed E-state index contributed by atoms with van der Waals surface area (Å²) in [7, 11) is -3.15. The van der Waals surface area contributed by atoms with Crippen molar-refractivity contribution >= 4 is 38.9 Å². The second-order valence-corrected chi connectivity index (χ2v) is 9.42. The Morgan fingerprint density at radius 1 is 1.18 bits per heavy atom. The van der Waals surface area contributed by atoms with Crippen molar-refractivity contribution in [2.24, 2.45) is 0 Å². The molecule has 1 N–H and O–H groups in total. The summed E-state index contributed by atoms with van der Waals surface area (Å²) in [6, 6.07) is 8.41. The minimum absolute atomic E-state index is 0.203. The molecular weight excluding hydrogens is 427 g/mol. The van der Waals surface area contributed by atoms with E-state index in [2.05, 4.69) is 29.0 Å². The quantitative estimate of drug-likeness (QED) is 0.687. The van der Waals surface area contributed by atoms with Crippen molar-refractivity contribution < 1.29 is 8.42 Å². The fourth-order valence-electron chi connectivity index (χ4n) is 1.35. The minimum atomic E-state index is -3.15. The Balaban J connectivity index is 2.62. The van der Waals surface area contributed by atoms with Crippen molar-refractivity contribution in [3.63, 3.8) is 0 Å². The zero-order valence-corrected chi connectivity index (χ0v) is 15.8. The van der Waals surface area contributed by atoms with Crippen molar-refractivity contribution in [3.8, 4) is 0 Å². The first-order chi connectivity index (χ1) is 7.83. The number of benzene rings is 1. The van der Waals surface area contributed by atoms with Crippen molar-refractivity contribution in [3.05, 3.63) is 29.8 Å². The number of nitrogens with one attached hydrogen (secondary N) is 1. The number of hydrogen-bond acceptors (Lipinski definition) is 2. The SMILES string of the molecule is CC(C)S(=O)(=O)NC[C@H](C)c1cc[c]([Tl])cc1. The molecule has 5 heteroatoms. The normalized spacial score (nSPS) is 13.8. The van der Waals surface area contributed by atoms with Crippen LogP contribution in [0.2, 0.25) is 0 Å². The van der Waals surface area contributed by atoms with Crippen molar-refractivity contribution in [2.45, 2.75) is 31.9 Å². The maximum absolute atomic E-state index is 11.6. The Bertz CT molecular complexity index is 454. The van der Waals surface area contributed by atoms with Gasteiger partial charge in [-0.25, -0.2) is 0 Å². The van der Waals surface area contributed by atoms with Gasteiger partial charge in [-0.05, 0) is 0 Å². The first-order valence-electron chi connectivity index (χ1n) is 5.67. The first kappa shape index (κ1) is 15.1. The Morgan fingerprint density at radius 2 is 1.71 bits per heavy atom. The van der Waals surface area contributed by atoms with Gasteiger partial charge in [-0.3, -0.25) is 0 Å². The molecule has 1 atom stereocenters. The molecular formula is C12H18NO2STl. The van der Waals surface area contributed by atoms with E-state index in [9.17, 15) is 8.42 Å². The molecule has 0 amide bonds. The summed E-state index contributed by atoms with van der Waals surface area (Å²) in [6.07, 6.45) is 0. The van der Waals surface area contributed by atoms with Gasteiger partial charge in [0, 0.05) is 0 Å². The monoisotopic (exact) mass is 445 g/mol. The molecule has 0 aliphatic heterocycles. The van der Waals surface area contributed by atoms with Crippen LogP contribution in [0, 0.1) is 0 Å². The topological polar surface area (TPSA) is 46.2 Å². The zero-order valence-electron chi connectivity index (χ0n) is 10.5. The molecule has 3 nitrogen and oxygen atoms in total. The van der Waals surface area contributed by atoms with E-state index < -0.39 is 10.0 Å². The molecule has 0 heterocycles. The van der Waals surface area contributed by atoms with Crippen LogP contribution in [0.25, 0.3) is 0 Å². The summed E-state index contributed by atoms with van der Waals surface area (Å²) >= 11 is 0.851. The van der Waals surface area contributed by atoms with E-state index in [4.69, 9.17) is 0 Å². The summed E-state index contributed by atoms with van der Waals surface area (Å²) in [5.74, 6) is 0.203. The molecule has 1 aromatic rings. The van der Waals surface area contributed by atoms with Crippen molar-refractivity contribution in [2.75, 3.05) is 6.54 Å². The molecule has 17 heavy (non-hydrogen) atoms. The van der Waals surface area contributed by atoms with Gasteiger partial charge in [0.05, 0.1) is 0 Å². The average Bonchev–Trinajstić information content (AvgIpc) is 2.27. The molecule has 92 valence electrons. The van der Waals surface area contributed by atoms with Gasteiger partial charge in [0.2, 0.25) is 0 Å². The number of sulfonamides is 1. The Morgan fingerprint density at radius 3 is 2.18 bits per heavy atom. The van der Waals surface area contributed by atoms with Gasteiger partial charge in [0.15, 0.2) is 0 Å². The third-order valence-corrected chi connectivity index (χ3v) is 6.02. The Kier molecular flexibility index (Phi) is 5.59. The fourth-order valence-corrected chi connectivity index (χ4v) is 2.91. The van der Waals surface area contributed by atoms with Crippen LogP contribution in [0.3, 0.4) is 0 Å². The zero-order chi connectivity index (χ0) is 13.1. The standard InChI is InChI=1S/C12H18NO2S.Tl/c1-10(2)16(14,15)13-9-11(3)12-7-5-4-6-8-12;/h5-8,10-11,13H,9H2,1-3H3;/t11-;/m0./s1. The molecule has 0 bridgehead atoms. The van der Waals surface area contributed by atoms with Gasteiger partial charge in [-0.2, -0.15) is 0 Å². The molecule has 0 aliphatic carbocycles. The first-order valence-corrected chi connectivity index (χ1v) is 9.46. The third-order valence-electron chi connectivity index (χ3n) is 2.72. The van der Waals surface area contributed by atoms with Crippen LogP contribution < -0.4 is 7.84 Å². The van der Waals surface area contributed by atoms with E-state index in [1.807, 2.05) is 6.92 Å². The fraction of sp³-hybridized carbons (Fsp3) is 0.500. The van der Waals surface area contributed by atoms with Gasteiger partial charge in [-0.1, -0.05) is 0 Å². The van der Waals surface area contributed by atoms with E-state index in [0.29, 0.717) is 6.54 Å². The Hall–Kier alpha value is 0.0521. The number of hydrogen-bond donors (Lipinski definition) is 1. The molecule has 0 unspecified atom stereocenters. The summed E-state index contributed by atoms with van der Waals surface area (Å²) in [5, 5.41) is -0.375. The van der Waals surface area contributed by atoms with Crippen LogP contribution in [-0.4, -0.2) is 46.0 Å². The Labute approximate surface area is 120 Å². The van der Waals surface area contributed by atoms with E-state index in [1.54, 1.807) is 13.8 Å². The number of rotatable bonds is 5. The van der Waals surface area contributed by atoms with Crippen LogP contribution in [0.15, 0.2) is 24.3 Å². The van der Waals surface area contributed by atoms with E-state index in [0.717, 1.165) is 25.8 Å². The van der Waals surface area contributed by atoms with Gasteiger partial charge in [0.25, 0.3) is 0 Å². The van der Waals surface area contributed by atoms with Crippen LogP contribution >= 0.6 is 0 Å². The van der Waals surface area contributed by atoms with Gasteiger partial charge < -0.3 is 0 Å². The summed E-state index contributed by atoms with van der Waals surface area (Å²) in [5.41, 5.74) is 1.18. The van der Waals surface area contributed by atoms with E-state index >= 15 is 0 Å². The van der Waals surface area contributed by atoms with Crippen LogP contribution in [0.4, 0.5) is 0 Å². The maximum atomic E-state index is 11.6. The van der Waals surface area contributed by atoms with E-state index in [-0.39, 0.29) is 11.2 Å². The molecule has 0 saturated carbocycles. The molecule has 0 fully saturated rings. The van der Waals surface area contributed by atoms with Crippen molar-refractivity contribution in [1.82, 2.24) is 4.72 Å². The van der Waals surface area contributed by atoms with Gasteiger partial charge in [-0.15, -0.1) is 0 Å². The van der Waals surface area contributed by atoms with Gasteiger partial charge in [0.1, 0.15) is 0 Å². The molecule has 1 aromatic carbocycles. The molecule has 0 spiro atoms. The molecule has 0 saturated heterocycles. The van der Waals surface area contributed by atoms with Crippen molar-refractivity contribution in [1.29, 1.82) is 0 Å². The molecule has 0 aromatic heterocycles. The third kappa shape index (κ3) is 4.67. The van der Waals surface area contributed by atoms with E-state index in [1.165, 1.54) is 8.69 Å². The predicted octanol–water partition coefficient (Wildman–Crippen LogP) is 0.912. The van der Waals surface area contributed by atoms with Crippen LogP contribution in [-0.2, 0) is 10.0 Å².